The van der Waals surface area contributed by atoms with E-state index in [0.29, 0.717) is 0 Å². The molecule has 0 fully saturated rings. The minimum atomic E-state index is -0.0200. The number of thioether (sulfide) groups is 1. The molecule has 0 spiro atoms. The Kier molecular flexibility index (Phi) is 3.79. The van der Waals surface area contributed by atoms with Crippen molar-refractivity contribution < 1.29 is 4.79 Å². The van der Waals surface area contributed by atoms with E-state index in [0.717, 1.165) is 15.7 Å². The van der Waals surface area contributed by atoms with Crippen LogP contribution in [0.3, 0.4) is 0 Å². The van der Waals surface area contributed by atoms with Gasteiger partial charge in [0.1, 0.15) is 0 Å². The highest BCUT2D eigenvalue weighted by molar-refractivity contribution is 14.1. The molecule has 0 aliphatic carbocycles. The Morgan fingerprint density at radius 3 is 2.68 bits per heavy atom. The number of hydrogen-bond acceptors (Lipinski definition) is 2. The lowest BCUT2D eigenvalue weighted by Crippen LogP contribution is -2.25. The molecule has 0 saturated heterocycles. The maximum atomic E-state index is 12.3. The second-order valence-electron chi connectivity index (χ2n) is 4.39. The van der Waals surface area contributed by atoms with Crippen LogP contribution in [0.25, 0.3) is 0 Å². The van der Waals surface area contributed by atoms with E-state index >= 15 is 0 Å². The van der Waals surface area contributed by atoms with Gasteiger partial charge < -0.3 is 5.32 Å². The second kappa shape index (κ2) is 5.54. The van der Waals surface area contributed by atoms with Crippen molar-refractivity contribution in [2.75, 3.05) is 5.32 Å². The van der Waals surface area contributed by atoms with Crippen molar-refractivity contribution in [3.8, 4) is 0 Å². The van der Waals surface area contributed by atoms with Crippen LogP contribution in [-0.2, 0) is 11.2 Å². The van der Waals surface area contributed by atoms with Crippen molar-refractivity contribution in [1.29, 1.82) is 0 Å². The molecule has 2 nitrogen and oxygen atoms in total. The van der Waals surface area contributed by atoms with Gasteiger partial charge in [0.05, 0.1) is 10.9 Å². The number of amides is 1. The SMILES string of the molecule is O=C(Nc1ccccc1I)C1Cc2ccccc2S1. The first kappa shape index (κ1) is 13.0. The summed E-state index contributed by atoms with van der Waals surface area (Å²) in [7, 11) is 0. The number of halogens is 1. The minimum Gasteiger partial charge on any atom is -0.324 e. The molecule has 1 N–H and O–H groups in total. The van der Waals surface area contributed by atoms with E-state index in [4.69, 9.17) is 0 Å². The highest BCUT2D eigenvalue weighted by Gasteiger charge is 2.28. The van der Waals surface area contributed by atoms with Gasteiger partial charge in [-0.2, -0.15) is 0 Å². The van der Waals surface area contributed by atoms with Gasteiger partial charge in [-0.25, -0.2) is 0 Å². The summed E-state index contributed by atoms with van der Waals surface area (Å²) in [5.41, 5.74) is 2.17. The highest BCUT2D eigenvalue weighted by atomic mass is 127. The monoisotopic (exact) mass is 381 g/mol. The zero-order chi connectivity index (χ0) is 13.2. The van der Waals surface area contributed by atoms with Crippen LogP contribution < -0.4 is 5.32 Å². The lowest BCUT2D eigenvalue weighted by molar-refractivity contribution is -0.115. The van der Waals surface area contributed by atoms with Crippen LogP contribution in [0.2, 0.25) is 0 Å². The average Bonchev–Trinajstić information content (AvgIpc) is 2.85. The van der Waals surface area contributed by atoms with Crippen LogP contribution in [0.1, 0.15) is 5.56 Å². The van der Waals surface area contributed by atoms with Gasteiger partial charge in [0.15, 0.2) is 0 Å². The van der Waals surface area contributed by atoms with Crippen molar-refractivity contribution in [2.45, 2.75) is 16.6 Å². The Balaban J connectivity index is 1.72. The van der Waals surface area contributed by atoms with Crippen molar-refractivity contribution in [2.24, 2.45) is 0 Å². The predicted molar refractivity (Wildman–Crippen MR) is 87.6 cm³/mol. The second-order valence-corrected chi connectivity index (χ2v) is 6.79. The van der Waals surface area contributed by atoms with Gasteiger partial charge in [0.25, 0.3) is 0 Å². The molecule has 1 amide bonds. The van der Waals surface area contributed by atoms with Crippen LogP contribution in [0.15, 0.2) is 53.4 Å². The molecule has 0 bridgehead atoms. The molecule has 4 heteroatoms. The van der Waals surface area contributed by atoms with Gasteiger partial charge in [-0.1, -0.05) is 30.3 Å². The number of carbonyl (C=O) groups is 1. The molecular formula is C15H12INOS. The van der Waals surface area contributed by atoms with Gasteiger partial charge >= 0.3 is 0 Å². The van der Waals surface area contributed by atoms with Crippen molar-refractivity contribution in [1.82, 2.24) is 0 Å². The summed E-state index contributed by atoms with van der Waals surface area (Å²) in [6, 6.07) is 16.1. The fraction of sp³-hybridized carbons (Fsp3) is 0.133. The number of hydrogen-bond donors (Lipinski definition) is 1. The highest BCUT2D eigenvalue weighted by Crippen LogP contribution is 2.37. The summed E-state index contributed by atoms with van der Waals surface area (Å²) in [6.07, 6.45) is 0.816. The fourth-order valence-corrected chi connectivity index (χ4v) is 3.82. The zero-order valence-corrected chi connectivity index (χ0v) is 13.1. The first-order valence-corrected chi connectivity index (χ1v) is 8.00. The molecule has 1 atom stereocenters. The summed E-state index contributed by atoms with van der Waals surface area (Å²) >= 11 is 3.89. The molecule has 2 aromatic rings. The molecule has 3 rings (SSSR count). The molecule has 0 radical (unpaired) electrons. The lowest BCUT2D eigenvalue weighted by Gasteiger charge is -2.11. The average molecular weight is 381 g/mol. The van der Waals surface area contributed by atoms with Crippen LogP contribution in [0.5, 0.6) is 0 Å². The molecule has 1 aliphatic heterocycles. The van der Waals surface area contributed by atoms with Gasteiger partial charge in [-0.05, 0) is 52.8 Å². The Morgan fingerprint density at radius 1 is 1.16 bits per heavy atom. The number of fused-ring (bicyclic) bond motifs is 1. The van der Waals surface area contributed by atoms with Crippen LogP contribution >= 0.6 is 34.4 Å². The maximum absolute atomic E-state index is 12.3. The molecule has 1 aliphatic rings. The van der Waals surface area contributed by atoms with Gasteiger partial charge in [-0.3, -0.25) is 4.79 Å². The Labute approximate surface area is 130 Å². The molecule has 1 unspecified atom stereocenters. The smallest absolute Gasteiger partial charge is 0.238 e. The van der Waals surface area contributed by atoms with E-state index < -0.39 is 0 Å². The third-order valence-corrected chi connectivity index (χ3v) is 5.33. The van der Waals surface area contributed by atoms with E-state index in [1.54, 1.807) is 11.8 Å². The Bertz CT molecular complexity index is 604. The van der Waals surface area contributed by atoms with E-state index in [1.165, 1.54) is 10.5 Å². The third-order valence-electron chi connectivity index (χ3n) is 3.07. The number of carbonyl (C=O) groups excluding carboxylic acids is 1. The molecular weight excluding hydrogens is 369 g/mol. The molecule has 0 saturated carbocycles. The van der Waals surface area contributed by atoms with Gasteiger partial charge in [-0.15, -0.1) is 11.8 Å². The van der Waals surface area contributed by atoms with Crippen molar-refractivity contribution >= 4 is 45.9 Å². The van der Waals surface area contributed by atoms with Gasteiger partial charge in [0.2, 0.25) is 5.91 Å². The molecule has 1 heterocycles. The van der Waals surface area contributed by atoms with E-state index in [2.05, 4.69) is 40.0 Å². The topological polar surface area (TPSA) is 29.1 Å². The zero-order valence-electron chi connectivity index (χ0n) is 10.1. The summed E-state index contributed by atoms with van der Waals surface area (Å²) in [5, 5.41) is 3.00. The number of nitrogens with one attached hydrogen (secondary N) is 1. The van der Waals surface area contributed by atoms with E-state index in [-0.39, 0.29) is 11.2 Å². The summed E-state index contributed by atoms with van der Waals surface area (Å²) < 4.78 is 1.06. The molecule has 96 valence electrons. The maximum Gasteiger partial charge on any atom is 0.238 e. The summed E-state index contributed by atoms with van der Waals surface area (Å²) in [5.74, 6) is 0.0883. The van der Waals surface area contributed by atoms with Crippen LogP contribution in [0, 0.1) is 3.57 Å². The van der Waals surface area contributed by atoms with E-state index in [9.17, 15) is 4.79 Å². The number of rotatable bonds is 2. The van der Waals surface area contributed by atoms with Crippen molar-refractivity contribution in [3.05, 3.63) is 57.7 Å². The molecule has 0 aromatic heterocycles. The first-order chi connectivity index (χ1) is 9.24. The lowest BCUT2D eigenvalue weighted by atomic mass is 10.1. The predicted octanol–water partition coefficient (Wildman–Crippen LogP) is 3.95. The fourth-order valence-electron chi connectivity index (χ4n) is 2.10. The van der Waals surface area contributed by atoms with Crippen LogP contribution in [-0.4, -0.2) is 11.2 Å². The van der Waals surface area contributed by atoms with E-state index in [1.807, 2.05) is 36.4 Å². The van der Waals surface area contributed by atoms with Gasteiger partial charge in [0, 0.05) is 8.47 Å². The number of benzene rings is 2. The van der Waals surface area contributed by atoms with Crippen LogP contribution in [0.4, 0.5) is 5.69 Å². The molecule has 2 aromatic carbocycles. The number of para-hydroxylation sites is 1. The minimum absolute atomic E-state index is 0.0200. The quantitative estimate of drug-likeness (QED) is 0.799. The van der Waals surface area contributed by atoms with Crippen molar-refractivity contribution in [3.63, 3.8) is 0 Å². The normalized spacial score (nSPS) is 17.0. The molecule has 19 heavy (non-hydrogen) atoms. The largest absolute Gasteiger partial charge is 0.324 e. The Hall–Kier alpha value is -1.01. The Morgan fingerprint density at radius 2 is 1.89 bits per heavy atom. The summed E-state index contributed by atoms with van der Waals surface area (Å²) in [4.78, 5) is 13.5. The third kappa shape index (κ3) is 2.79. The first-order valence-electron chi connectivity index (χ1n) is 6.04. The number of anilines is 1. The summed E-state index contributed by atoms with van der Waals surface area (Å²) in [6.45, 7) is 0. The standard InChI is InChI=1S/C15H12INOS/c16-11-6-2-3-7-12(11)17-15(18)14-9-10-5-1-4-8-13(10)19-14/h1-8,14H,9H2,(H,17,18).